The first-order valence-electron chi connectivity index (χ1n) is 12.7. The Hall–Kier alpha value is -3.90. The molecule has 6 nitrogen and oxygen atoms in total. The summed E-state index contributed by atoms with van der Waals surface area (Å²) in [5.41, 5.74) is 5.31. The Morgan fingerprint density at radius 2 is 1.64 bits per heavy atom. The topological polar surface area (TPSA) is 61.7 Å². The summed E-state index contributed by atoms with van der Waals surface area (Å²) in [5, 5.41) is 10.7. The van der Waals surface area contributed by atoms with Crippen LogP contribution < -0.4 is 9.64 Å². The average molecular weight is 477 g/mol. The second-order valence-electron chi connectivity index (χ2n) is 10.0. The lowest BCUT2D eigenvalue weighted by atomic mass is 9.93. The third kappa shape index (κ3) is 3.60. The highest BCUT2D eigenvalue weighted by Crippen LogP contribution is 2.54. The second kappa shape index (κ2) is 8.64. The van der Waals surface area contributed by atoms with Crippen molar-refractivity contribution in [1.29, 1.82) is 0 Å². The molecule has 6 heteroatoms. The molecule has 1 N–H and O–H groups in total. The number of aromatic nitrogens is 2. The molecule has 0 saturated carbocycles. The molecule has 3 atom stereocenters. The van der Waals surface area contributed by atoms with Gasteiger partial charge in [-0.3, -0.25) is 14.9 Å². The number of para-hydroxylation sites is 1. The van der Waals surface area contributed by atoms with Gasteiger partial charge >= 0.3 is 0 Å². The van der Waals surface area contributed by atoms with Gasteiger partial charge in [0.25, 0.3) is 0 Å². The van der Waals surface area contributed by atoms with Gasteiger partial charge in [0.2, 0.25) is 0 Å². The molecule has 2 bridgehead atoms. The van der Waals surface area contributed by atoms with Crippen molar-refractivity contribution in [2.45, 2.75) is 50.4 Å². The molecular weight excluding hydrogens is 448 g/mol. The molecule has 7 rings (SSSR count). The first-order chi connectivity index (χ1) is 17.7. The molecule has 2 fully saturated rings. The predicted octanol–water partition coefficient (Wildman–Crippen LogP) is 6.29. The van der Waals surface area contributed by atoms with Gasteiger partial charge in [0.05, 0.1) is 17.1 Å². The highest BCUT2D eigenvalue weighted by molar-refractivity contribution is 5.83. The lowest BCUT2D eigenvalue weighted by Gasteiger charge is -2.46. The molecule has 3 aliphatic rings. The van der Waals surface area contributed by atoms with Crippen molar-refractivity contribution >= 4 is 11.4 Å². The first kappa shape index (κ1) is 21.4. The van der Waals surface area contributed by atoms with E-state index in [4.69, 9.17) is 4.74 Å². The fourth-order valence-electron chi connectivity index (χ4n) is 6.35. The maximum absolute atomic E-state index is 10.7. The number of fused-ring (bicyclic) bond motifs is 4. The average Bonchev–Trinajstić information content (AvgIpc) is 3.14. The summed E-state index contributed by atoms with van der Waals surface area (Å²) >= 11 is 0. The summed E-state index contributed by atoms with van der Waals surface area (Å²) in [5.74, 6) is 1.50. The third-order valence-electron chi connectivity index (χ3n) is 7.97. The Balaban J connectivity index is 1.24. The SMILES string of the molecule is Oc1cccc2c1Oc1cc(-c3ccncc3)ccc1N2[C@H]1C[C@H]2CC[C@@H](C1)N2Cc1ccccn1. The van der Waals surface area contributed by atoms with Crippen LogP contribution in [0.4, 0.5) is 11.4 Å². The third-order valence-corrected chi connectivity index (χ3v) is 7.97. The second-order valence-corrected chi connectivity index (χ2v) is 10.0. The van der Waals surface area contributed by atoms with Gasteiger partial charge in [-0.15, -0.1) is 0 Å². The maximum Gasteiger partial charge on any atom is 0.192 e. The number of hydrogen-bond donors (Lipinski definition) is 1. The maximum atomic E-state index is 10.7. The largest absolute Gasteiger partial charge is 0.504 e. The quantitative estimate of drug-likeness (QED) is 0.374. The standard InChI is InChI=1S/C30H28N4O2/c35-28-6-3-5-27-30(28)36-29-16-21(20-11-14-31-15-12-20)7-10-26(29)34(27)25-17-23-8-9-24(18-25)33(23)19-22-4-1-2-13-32-22/h1-7,10-16,23-25,35H,8-9,17-19H2/t23-,24+,25+. The predicted molar refractivity (Wildman–Crippen MR) is 140 cm³/mol. The molecule has 0 amide bonds. The zero-order valence-corrected chi connectivity index (χ0v) is 20.0. The van der Waals surface area contributed by atoms with Gasteiger partial charge < -0.3 is 14.7 Å². The Labute approximate surface area is 210 Å². The smallest absolute Gasteiger partial charge is 0.192 e. The summed E-state index contributed by atoms with van der Waals surface area (Å²) in [6, 6.07) is 23.7. The number of rotatable bonds is 4. The monoisotopic (exact) mass is 476 g/mol. The summed E-state index contributed by atoms with van der Waals surface area (Å²) in [7, 11) is 0. The lowest BCUT2D eigenvalue weighted by molar-refractivity contribution is 0.118. The molecule has 0 spiro atoms. The summed E-state index contributed by atoms with van der Waals surface area (Å²) < 4.78 is 6.33. The number of pyridine rings is 2. The molecule has 0 aliphatic carbocycles. The molecule has 2 aromatic heterocycles. The number of aromatic hydroxyl groups is 1. The molecule has 180 valence electrons. The van der Waals surface area contributed by atoms with E-state index >= 15 is 0 Å². The van der Waals surface area contributed by atoms with Gasteiger partial charge in [0, 0.05) is 43.3 Å². The van der Waals surface area contributed by atoms with E-state index in [1.807, 2.05) is 30.5 Å². The van der Waals surface area contributed by atoms with Crippen LogP contribution in [0.15, 0.2) is 85.3 Å². The minimum absolute atomic E-state index is 0.174. The Morgan fingerprint density at radius 3 is 2.42 bits per heavy atom. The van der Waals surface area contributed by atoms with E-state index < -0.39 is 0 Å². The fraction of sp³-hybridized carbons (Fsp3) is 0.267. The van der Waals surface area contributed by atoms with Crippen LogP contribution in [-0.2, 0) is 6.54 Å². The van der Waals surface area contributed by atoms with Gasteiger partial charge in [0.15, 0.2) is 17.2 Å². The zero-order valence-electron chi connectivity index (χ0n) is 20.0. The van der Waals surface area contributed by atoms with Crippen molar-refractivity contribution in [3.05, 3.63) is 91.0 Å². The summed E-state index contributed by atoms with van der Waals surface area (Å²) in [6.07, 6.45) is 10.1. The number of phenols is 1. The zero-order chi connectivity index (χ0) is 24.1. The number of phenolic OH excluding ortho intramolecular Hbond substituents is 1. The van der Waals surface area contributed by atoms with E-state index in [0.717, 1.165) is 53.3 Å². The van der Waals surface area contributed by atoms with E-state index in [-0.39, 0.29) is 5.75 Å². The van der Waals surface area contributed by atoms with Crippen molar-refractivity contribution in [1.82, 2.24) is 14.9 Å². The van der Waals surface area contributed by atoms with Crippen LogP contribution in [0.25, 0.3) is 11.1 Å². The van der Waals surface area contributed by atoms with Gasteiger partial charge in [0.1, 0.15) is 0 Å². The van der Waals surface area contributed by atoms with Crippen LogP contribution in [0.5, 0.6) is 17.2 Å². The van der Waals surface area contributed by atoms with Crippen LogP contribution in [0.1, 0.15) is 31.4 Å². The Morgan fingerprint density at radius 1 is 0.806 bits per heavy atom. The van der Waals surface area contributed by atoms with E-state index in [9.17, 15) is 5.11 Å². The molecule has 2 aromatic carbocycles. The number of benzene rings is 2. The molecule has 4 aromatic rings. The van der Waals surface area contributed by atoms with Gasteiger partial charge in [-0.25, -0.2) is 0 Å². The number of nitrogens with zero attached hydrogens (tertiary/aromatic N) is 4. The van der Waals surface area contributed by atoms with Crippen molar-refractivity contribution < 1.29 is 9.84 Å². The fourth-order valence-corrected chi connectivity index (χ4v) is 6.35. The van der Waals surface area contributed by atoms with Crippen LogP contribution in [0.3, 0.4) is 0 Å². The van der Waals surface area contributed by atoms with E-state index in [1.165, 1.54) is 12.8 Å². The van der Waals surface area contributed by atoms with E-state index in [1.54, 1.807) is 18.5 Å². The van der Waals surface area contributed by atoms with Crippen LogP contribution in [-0.4, -0.2) is 38.1 Å². The van der Waals surface area contributed by atoms with Gasteiger partial charge in [-0.2, -0.15) is 0 Å². The van der Waals surface area contributed by atoms with Crippen molar-refractivity contribution in [3.63, 3.8) is 0 Å². The van der Waals surface area contributed by atoms with Crippen molar-refractivity contribution in [2.75, 3.05) is 4.90 Å². The summed E-state index contributed by atoms with van der Waals surface area (Å²) in [4.78, 5) is 13.8. The highest BCUT2D eigenvalue weighted by atomic mass is 16.5. The van der Waals surface area contributed by atoms with E-state index in [2.05, 4.69) is 56.2 Å². The molecule has 5 heterocycles. The number of piperidine rings is 1. The molecular formula is C30H28N4O2. The van der Waals surface area contributed by atoms with Crippen LogP contribution in [0, 0.1) is 0 Å². The minimum atomic E-state index is 0.174. The number of ether oxygens (including phenoxy) is 1. The van der Waals surface area contributed by atoms with Gasteiger partial charge in [-0.05, 0) is 85.3 Å². The number of anilines is 2. The Kier molecular flexibility index (Phi) is 5.13. The number of hydrogen-bond acceptors (Lipinski definition) is 6. The molecule has 0 radical (unpaired) electrons. The van der Waals surface area contributed by atoms with Crippen molar-refractivity contribution in [2.24, 2.45) is 0 Å². The highest BCUT2D eigenvalue weighted by Gasteiger charge is 2.44. The van der Waals surface area contributed by atoms with Crippen LogP contribution >= 0.6 is 0 Å². The minimum Gasteiger partial charge on any atom is -0.504 e. The normalized spacial score (nSPS) is 22.6. The van der Waals surface area contributed by atoms with E-state index in [0.29, 0.717) is 23.9 Å². The first-order valence-corrected chi connectivity index (χ1v) is 12.7. The van der Waals surface area contributed by atoms with Crippen LogP contribution in [0.2, 0.25) is 0 Å². The molecule has 3 aliphatic heterocycles. The molecule has 0 unspecified atom stereocenters. The molecule has 2 saturated heterocycles. The summed E-state index contributed by atoms with van der Waals surface area (Å²) in [6.45, 7) is 0.912. The van der Waals surface area contributed by atoms with Crippen molar-refractivity contribution in [3.8, 4) is 28.4 Å². The lowest BCUT2D eigenvalue weighted by Crippen LogP contribution is -2.49. The molecule has 36 heavy (non-hydrogen) atoms. The van der Waals surface area contributed by atoms with Gasteiger partial charge in [-0.1, -0.05) is 18.2 Å². The Bertz CT molecular complexity index is 1380.